The van der Waals surface area contributed by atoms with E-state index in [1.165, 1.54) is 19.9 Å². The summed E-state index contributed by atoms with van der Waals surface area (Å²) in [5.74, 6) is 0.240. The number of ether oxygens (including phenoxy) is 2. The van der Waals surface area contributed by atoms with Crippen molar-refractivity contribution in [2.24, 2.45) is 0 Å². The fraction of sp³-hybridized carbons (Fsp3) is 0.190. The summed E-state index contributed by atoms with van der Waals surface area (Å²) in [5.41, 5.74) is 1.84. The summed E-state index contributed by atoms with van der Waals surface area (Å²) in [4.78, 5) is 33.7. The van der Waals surface area contributed by atoms with Crippen LogP contribution in [0.4, 0.5) is 0 Å². The Balaban J connectivity index is 1.83. The van der Waals surface area contributed by atoms with Gasteiger partial charge in [-0.15, -0.1) is 0 Å². The van der Waals surface area contributed by atoms with Crippen molar-refractivity contribution in [1.82, 2.24) is 0 Å². The van der Waals surface area contributed by atoms with Crippen LogP contribution in [-0.2, 0) is 20.8 Å². The van der Waals surface area contributed by atoms with Crippen LogP contribution >= 0.6 is 0 Å². The number of carbonyl (C=O) groups is 3. The molecule has 0 atom stereocenters. The molecule has 2 rings (SSSR count). The molecule has 0 fully saturated rings. The van der Waals surface area contributed by atoms with Crippen molar-refractivity contribution < 1.29 is 23.9 Å². The molecular weight excluding hydrogens is 332 g/mol. The number of hydrogen-bond acceptors (Lipinski definition) is 5. The fourth-order valence-electron chi connectivity index (χ4n) is 2.24. The molecule has 0 N–H and O–H groups in total. The number of aryl methyl sites for hydroxylation is 1. The Morgan fingerprint density at radius 2 is 1.31 bits per heavy atom. The van der Waals surface area contributed by atoms with E-state index in [4.69, 9.17) is 9.47 Å². The van der Waals surface area contributed by atoms with E-state index in [2.05, 4.69) is 0 Å². The Kier molecular flexibility index (Phi) is 6.85. The molecule has 0 saturated carbocycles. The van der Waals surface area contributed by atoms with E-state index in [1.54, 1.807) is 42.5 Å². The summed E-state index contributed by atoms with van der Waals surface area (Å²) >= 11 is 0. The number of hydrogen-bond donors (Lipinski definition) is 0. The van der Waals surface area contributed by atoms with Crippen molar-refractivity contribution >= 4 is 23.8 Å². The maximum atomic E-state index is 12.0. The van der Waals surface area contributed by atoms with Crippen molar-refractivity contribution in [1.29, 1.82) is 0 Å². The minimum absolute atomic E-state index is 0.0122. The van der Waals surface area contributed by atoms with Gasteiger partial charge in [0.2, 0.25) is 0 Å². The highest BCUT2D eigenvalue weighted by Crippen LogP contribution is 2.15. The number of rotatable bonds is 7. The summed E-state index contributed by atoms with van der Waals surface area (Å²) in [6, 6.07) is 14.0. The first-order valence-corrected chi connectivity index (χ1v) is 8.19. The summed E-state index contributed by atoms with van der Waals surface area (Å²) in [6.45, 7) is 2.69. The fourth-order valence-corrected chi connectivity index (χ4v) is 2.24. The molecule has 2 aromatic carbocycles. The van der Waals surface area contributed by atoms with E-state index in [0.29, 0.717) is 24.3 Å². The number of ketones is 1. The zero-order valence-corrected chi connectivity index (χ0v) is 14.7. The Morgan fingerprint density at radius 1 is 0.808 bits per heavy atom. The molecule has 0 amide bonds. The van der Waals surface area contributed by atoms with Crippen molar-refractivity contribution in [2.45, 2.75) is 26.7 Å². The molecule has 0 aromatic heterocycles. The molecule has 0 radical (unpaired) electrons. The predicted octanol–water partition coefficient (Wildman–Crippen LogP) is 3.75. The lowest BCUT2D eigenvalue weighted by molar-refractivity contribution is -0.132. The largest absolute Gasteiger partial charge is 0.427 e. The normalized spacial score (nSPS) is 10.5. The van der Waals surface area contributed by atoms with Crippen LogP contribution in [0.2, 0.25) is 0 Å². The Labute approximate surface area is 152 Å². The zero-order chi connectivity index (χ0) is 18.9. The third kappa shape index (κ3) is 6.73. The molecule has 0 aliphatic heterocycles. The average Bonchev–Trinajstić information content (AvgIpc) is 2.59. The van der Waals surface area contributed by atoms with Crippen LogP contribution in [0, 0.1) is 0 Å². The molecule has 0 aliphatic carbocycles. The van der Waals surface area contributed by atoms with E-state index in [9.17, 15) is 14.4 Å². The van der Waals surface area contributed by atoms with Crippen LogP contribution in [0.25, 0.3) is 6.08 Å². The van der Waals surface area contributed by atoms with Gasteiger partial charge in [0.1, 0.15) is 11.5 Å². The second-order valence-corrected chi connectivity index (χ2v) is 5.70. The monoisotopic (exact) mass is 352 g/mol. The van der Waals surface area contributed by atoms with E-state index in [0.717, 1.165) is 11.1 Å². The summed E-state index contributed by atoms with van der Waals surface area (Å²) in [6.07, 6.45) is 4.25. The number of esters is 2. The average molecular weight is 352 g/mol. The van der Waals surface area contributed by atoms with Gasteiger partial charge in [-0.2, -0.15) is 0 Å². The van der Waals surface area contributed by atoms with Crippen molar-refractivity contribution in [3.05, 3.63) is 65.7 Å². The summed E-state index contributed by atoms with van der Waals surface area (Å²) in [7, 11) is 0. The van der Waals surface area contributed by atoms with E-state index < -0.39 is 0 Å². The van der Waals surface area contributed by atoms with Crippen LogP contribution < -0.4 is 9.47 Å². The molecule has 0 spiro atoms. The molecule has 0 saturated heterocycles. The zero-order valence-electron chi connectivity index (χ0n) is 14.7. The van der Waals surface area contributed by atoms with Crippen molar-refractivity contribution in [3.8, 4) is 11.5 Å². The van der Waals surface area contributed by atoms with Crippen molar-refractivity contribution in [3.63, 3.8) is 0 Å². The van der Waals surface area contributed by atoms with E-state index in [-0.39, 0.29) is 17.7 Å². The topological polar surface area (TPSA) is 69.7 Å². The smallest absolute Gasteiger partial charge is 0.308 e. The van der Waals surface area contributed by atoms with Gasteiger partial charge in [0.05, 0.1) is 0 Å². The standard InChI is InChI=1S/C21H20O5/c1-15(22)25-20-11-5-17(6-12-20)3-9-19(24)10-4-18-7-13-21(14-8-18)26-16(2)23/h3,5-9,11-14H,4,10H2,1-2H3/b9-3+. The summed E-state index contributed by atoms with van der Waals surface area (Å²) < 4.78 is 9.92. The minimum Gasteiger partial charge on any atom is -0.427 e. The first-order chi connectivity index (χ1) is 12.4. The summed E-state index contributed by atoms with van der Waals surface area (Å²) in [5, 5.41) is 0. The number of benzene rings is 2. The molecule has 2 aromatic rings. The van der Waals surface area contributed by atoms with Gasteiger partial charge >= 0.3 is 11.9 Å². The third-order valence-electron chi connectivity index (χ3n) is 3.45. The molecular formula is C21H20O5. The predicted molar refractivity (Wildman–Crippen MR) is 97.9 cm³/mol. The van der Waals surface area contributed by atoms with Gasteiger partial charge in [-0.05, 0) is 47.9 Å². The highest BCUT2D eigenvalue weighted by Gasteiger charge is 2.02. The SMILES string of the molecule is CC(=O)Oc1ccc(/C=C/C(=O)CCc2ccc(OC(C)=O)cc2)cc1. The first kappa shape index (κ1) is 19.1. The molecule has 5 heteroatoms. The maximum absolute atomic E-state index is 12.0. The van der Waals surface area contributed by atoms with E-state index in [1.807, 2.05) is 12.1 Å². The second-order valence-electron chi connectivity index (χ2n) is 5.70. The van der Waals surface area contributed by atoms with Gasteiger partial charge in [0.15, 0.2) is 5.78 Å². The van der Waals surface area contributed by atoms with Gasteiger partial charge in [-0.3, -0.25) is 14.4 Å². The van der Waals surface area contributed by atoms with Gasteiger partial charge in [0.25, 0.3) is 0 Å². The molecule has 5 nitrogen and oxygen atoms in total. The molecule has 0 heterocycles. The second kappa shape index (κ2) is 9.32. The van der Waals surface area contributed by atoms with Crippen molar-refractivity contribution in [2.75, 3.05) is 0 Å². The van der Waals surface area contributed by atoms with Crippen LogP contribution in [0.5, 0.6) is 11.5 Å². The highest BCUT2D eigenvalue weighted by molar-refractivity contribution is 5.93. The number of carbonyl (C=O) groups excluding carboxylic acids is 3. The van der Waals surface area contributed by atoms with Crippen LogP contribution in [0.1, 0.15) is 31.4 Å². The third-order valence-corrected chi connectivity index (χ3v) is 3.45. The van der Waals surface area contributed by atoms with E-state index >= 15 is 0 Å². The van der Waals surface area contributed by atoms with Crippen LogP contribution in [0.3, 0.4) is 0 Å². The Hall–Kier alpha value is -3.21. The van der Waals surface area contributed by atoms with Crippen LogP contribution in [0.15, 0.2) is 54.6 Å². The lowest BCUT2D eigenvalue weighted by Crippen LogP contribution is -2.01. The number of allylic oxidation sites excluding steroid dienone is 1. The lowest BCUT2D eigenvalue weighted by atomic mass is 10.1. The molecule has 26 heavy (non-hydrogen) atoms. The maximum Gasteiger partial charge on any atom is 0.308 e. The lowest BCUT2D eigenvalue weighted by Gasteiger charge is -2.03. The van der Waals surface area contributed by atoms with Crippen LogP contribution in [-0.4, -0.2) is 17.7 Å². The first-order valence-electron chi connectivity index (χ1n) is 8.19. The molecule has 134 valence electrons. The highest BCUT2D eigenvalue weighted by atomic mass is 16.5. The molecule has 0 bridgehead atoms. The minimum atomic E-state index is -0.371. The Morgan fingerprint density at radius 3 is 1.81 bits per heavy atom. The molecule has 0 aliphatic rings. The van der Waals surface area contributed by atoms with Gasteiger partial charge < -0.3 is 9.47 Å². The molecule has 0 unspecified atom stereocenters. The van der Waals surface area contributed by atoms with Gasteiger partial charge in [-0.1, -0.05) is 30.3 Å². The van der Waals surface area contributed by atoms with Gasteiger partial charge in [-0.25, -0.2) is 0 Å². The quantitative estimate of drug-likeness (QED) is 0.431. The Bertz CT molecular complexity index is 801. The van der Waals surface area contributed by atoms with Gasteiger partial charge in [0, 0.05) is 20.3 Å².